The first-order chi connectivity index (χ1) is 19.4. The molecule has 1 aliphatic heterocycles. The van der Waals surface area contributed by atoms with Crippen LogP contribution in [0, 0.1) is 11.3 Å². The van der Waals surface area contributed by atoms with Gasteiger partial charge in [-0.3, -0.25) is 9.78 Å². The fraction of sp³-hybridized carbons (Fsp3) is 0.323. The summed E-state index contributed by atoms with van der Waals surface area (Å²) in [5.74, 6) is 0.203. The van der Waals surface area contributed by atoms with E-state index in [2.05, 4.69) is 28.3 Å². The molecule has 9 heteroatoms. The summed E-state index contributed by atoms with van der Waals surface area (Å²) < 4.78 is 16.8. The Kier molecular flexibility index (Phi) is 9.86. The number of nitriles is 1. The molecule has 9 nitrogen and oxygen atoms in total. The number of fused-ring (bicyclic) bond motifs is 1. The lowest BCUT2D eigenvalue weighted by atomic mass is 10.1. The molecular weight excluding hydrogens is 506 g/mol. The van der Waals surface area contributed by atoms with Gasteiger partial charge in [-0.15, -0.1) is 0 Å². The molecule has 2 N–H and O–H groups in total. The lowest BCUT2D eigenvalue weighted by Crippen LogP contribution is -2.23. The molecule has 1 fully saturated rings. The number of hydrogen-bond acceptors (Lipinski definition) is 8. The first kappa shape index (κ1) is 28.8. The first-order valence-corrected chi connectivity index (χ1v) is 13.2. The highest BCUT2D eigenvalue weighted by Gasteiger charge is 2.21. The zero-order valence-corrected chi connectivity index (χ0v) is 23.2. The number of likely N-dealkylation sites (N-methyl/N-ethyl adjacent to an activating group) is 1. The van der Waals surface area contributed by atoms with Crippen molar-refractivity contribution in [1.82, 2.24) is 9.88 Å². The fourth-order valence-electron chi connectivity index (χ4n) is 4.28. The molecule has 0 radical (unpaired) electrons. The SMILES string of the molecule is C=C(C)c1cccc(Nc2c(C#N)cnc3cc(OC4CCOC4)c(NC(=O)C=CCN(C)CCOC)cc23)c1. The van der Waals surface area contributed by atoms with Crippen molar-refractivity contribution < 1.29 is 19.0 Å². The molecule has 1 unspecified atom stereocenters. The number of methoxy groups -OCH3 is 1. The normalized spacial score (nSPS) is 14.9. The summed E-state index contributed by atoms with van der Waals surface area (Å²) in [7, 11) is 3.62. The summed E-state index contributed by atoms with van der Waals surface area (Å²) in [5.41, 5.74) is 4.81. The molecule has 1 saturated heterocycles. The van der Waals surface area contributed by atoms with Crippen molar-refractivity contribution >= 4 is 39.4 Å². The highest BCUT2D eigenvalue weighted by molar-refractivity contribution is 6.05. The van der Waals surface area contributed by atoms with E-state index in [4.69, 9.17) is 14.2 Å². The van der Waals surface area contributed by atoms with Crippen LogP contribution in [-0.2, 0) is 14.3 Å². The van der Waals surface area contributed by atoms with Gasteiger partial charge in [-0.25, -0.2) is 0 Å². The maximum absolute atomic E-state index is 12.9. The minimum absolute atomic E-state index is 0.126. The summed E-state index contributed by atoms with van der Waals surface area (Å²) in [6.45, 7) is 9.05. The van der Waals surface area contributed by atoms with Crippen LogP contribution in [0.2, 0.25) is 0 Å². The average Bonchev–Trinajstić information content (AvgIpc) is 3.46. The molecule has 0 aliphatic carbocycles. The van der Waals surface area contributed by atoms with Crippen molar-refractivity contribution in [3.8, 4) is 11.8 Å². The third-order valence-corrected chi connectivity index (χ3v) is 6.52. The second-order valence-electron chi connectivity index (χ2n) is 9.76. The number of benzene rings is 2. The topological polar surface area (TPSA) is 109 Å². The van der Waals surface area contributed by atoms with Crippen molar-refractivity contribution in [1.29, 1.82) is 5.26 Å². The standard InChI is InChI=1S/C31H35N5O4/c1-21(2)22-7-5-8-24(15-22)34-31-23(18-32)19-33-27-17-29(40-25-10-13-39-20-25)28(16-26(27)31)35-30(37)9-6-11-36(3)12-14-38-4/h5-9,15-17,19,25H,1,10-14,20H2,2-4H3,(H,33,34)(H,35,37). The highest BCUT2D eigenvalue weighted by Crippen LogP contribution is 2.37. The Morgan fingerprint density at radius 3 is 2.92 bits per heavy atom. The molecule has 2 aromatic carbocycles. The van der Waals surface area contributed by atoms with Crippen LogP contribution < -0.4 is 15.4 Å². The molecule has 1 aliphatic rings. The Balaban J connectivity index is 1.69. The molecule has 0 bridgehead atoms. The molecule has 208 valence electrons. The van der Waals surface area contributed by atoms with E-state index < -0.39 is 0 Å². The predicted octanol–water partition coefficient (Wildman–Crippen LogP) is 5.12. The van der Waals surface area contributed by atoms with Crippen molar-refractivity contribution in [2.75, 3.05) is 57.7 Å². The van der Waals surface area contributed by atoms with Crippen LogP contribution in [0.1, 0.15) is 24.5 Å². The Morgan fingerprint density at radius 1 is 1.35 bits per heavy atom. The van der Waals surface area contributed by atoms with Gasteiger partial charge in [-0.05, 0) is 37.7 Å². The zero-order chi connectivity index (χ0) is 28.5. The van der Waals surface area contributed by atoms with Gasteiger partial charge in [0, 0.05) is 56.0 Å². The Bertz CT molecular complexity index is 1440. The largest absolute Gasteiger partial charge is 0.486 e. The van der Waals surface area contributed by atoms with E-state index in [0.29, 0.717) is 60.0 Å². The average molecular weight is 542 g/mol. The monoisotopic (exact) mass is 541 g/mol. The molecular formula is C31H35N5O4. The number of ether oxygens (including phenoxy) is 3. The van der Waals surface area contributed by atoms with Gasteiger partial charge in [0.15, 0.2) is 0 Å². The lowest BCUT2D eigenvalue weighted by molar-refractivity contribution is -0.111. The number of anilines is 3. The van der Waals surface area contributed by atoms with E-state index in [1.165, 1.54) is 12.3 Å². The molecule has 2 heterocycles. The van der Waals surface area contributed by atoms with Gasteiger partial charge in [0.1, 0.15) is 17.9 Å². The number of allylic oxidation sites excluding steroid dienone is 1. The first-order valence-electron chi connectivity index (χ1n) is 13.2. The lowest BCUT2D eigenvalue weighted by Gasteiger charge is -2.19. The number of carbonyl (C=O) groups is 1. The third-order valence-electron chi connectivity index (χ3n) is 6.52. The van der Waals surface area contributed by atoms with Crippen LogP contribution in [-0.4, -0.2) is 69.0 Å². The zero-order valence-electron chi connectivity index (χ0n) is 23.2. The number of amides is 1. The summed E-state index contributed by atoms with van der Waals surface area (Å²) in [6, 6.07) is 13.6. The van der Waals surface area contributed by atoms with E-state index in [-0.39, 0.29) is 12.0 Å². The van der Waals surface area contributed by atoms with E-state index in [1.54, 1.807) is 25.3 Å². The molecule has 0 spiro atoms. The number of hydrogen-bond donors (Lipinski definition) is 2. The number of aromatic nitrogens is 1. The molecule has 4 rings (SSSR count). The van der Waals surface area contributed by atoms with E-state index in [0.717, 1.165) is 29.8 Å². The molecule has 1 atom stereocenters. The smallest absolute Gasteiger partial charge is 0.248 e. The van der Waals surface area contributed by atoms with Gasteiger partial charge in [-0.1, -0.05) is 30.4 Å². The maximum atomic E-state index is 12.9. The molecule has 1 aromatic heterocycles. The van der Waals surface area contributed by atoms with Gasteiger partial charge in [0.25, 0.3) is 0 Å². The van der Waals surface area contributed by atoms with Crippen LogP contribution in [0.4, 0.5) is 17.1 Å². The minimum atomic E-state index is -0.292. The predicted molar refractivity (Wildman–Crippen MR) is 158 cm³/mol. The quantitative estimate of drug-likeness (QED) is 0.304. The van der Waals surface area contributed by atoms with Crippen LogP contribution in [0.3, 0.4) is 0 Å². The summed E-state index contributed by atoms with van der Waals surface area (Å²) in [4.78, 5) is 19.5. The number of rotatable bonds is 12. The number of carbonyl (C=O) groups excluding carboxylic acids is 1. The number of nitrogens with one attached hydrogen (secondary N) is 2. The Hall–Kier alpha value is -4.23. The van der Waals surface area contributed by atoms with E-state index in [1.807, 2.05) is 43.1 Å². The molecule has 1 amide bonds. The molecule has 3 aromatic rings. The second kappa shape index (κ2) is 13.7. The third kappa shape index (κ3) is 7.45. The van der Waals surface area contributed by atoms with Crippen molar-refractivity contribution in [2.24, 2.45) is 0 Å². The molecule has 40 heavy (non-hydrogen) atoms. The Morgan fingerprint density at radius 2 is 2.20 bits per heavy atom. The molecule has 0 saturated carbocycles. The maximum Gasteiger partial charge on any atom is 0.248 e. The van der Waals surface area contributed by atoms with Crippen molar-refractivity contribution in [3.05, 3.63) is 72.5 Å². The highest BCUT2D eigenvalue weighted by atomic mass is 16.5. The van der Waals surface area contributed by atoms with Gasteiger partial charge in [0.2, 0.25) is 5.91 Å². The fourth-order valence-corrected chi connectivity index (χ4v) is 4.28. The van der Waals surface area contributed by atoms with Gasteiger partial charge < -0.3 is 29.7 Å². The Labute approximate surface area is 235 Å². The van der Waals surface area contributed by atoms with Crippen molar-refractivity contribution in [3.63, 3.8) is 0 Å². The van der Waals surface area contributed by atoms with E-state index in [9.17, 15) is 10.1 Å². The minimum Gasteiger partial charge on any atom is -0.486 e. The van der Waals surface area contributed by atoms with Crippen LogP contribution >= 0.6 is 0 Å². The van der Waals surface area contributed by atoms with E-state index >= 15 is 0 Å². The number of pyridine rings is 1. The van der Waals surface area contributed by atoms with Crippen LogP contribution in [0.25, 0.3) is 16.5 Å². The summed E-state index contributed by atoms with van der Waals surface area (Å²) in [5, 5.41) is 16.9. The van der Waals surface area contributed by atoms with Gasteiger partial charge in [0.05, 0.1) is 42.3 Å². The van der Waals surface area contributed by atoms with Crippen LogP contribution in [0.15, 0.2) is 61.3 Å². The summed E-state index contributed by atoms with van der Waals surface area (Å²) >= 11 is 0. The number of nitrogens with zero attached hydrogens (tertiary/aromatic N) is 3. The summed E-state index contributed by atoms with van der Waals surface area (Å²) in [6.07, 6.45) is 5.47. The van der Waals surface area contributed by atoms with Gasteiger partial charge >= 0.3 is 0 Å². The van der Waals surface area contributed by atoms with Crippen molar-refractivity contribution in [2.45, 2.75) is 19.4 Å². The van der Waals surface area contributed by atoms with Gasteiger partial charge in [-0.2, -0.15) is 5.26 Å². The van der Waals surface area contributed by atoms with Crippen LogP contribution in [0.5, 0.6) is 5.75 Å². The second-order valence-corrected chi connectivity index (χ2v) is 9.76.